The van der Waals surface area contributed by atoms with E-state index in [0.29, 0.717) is 34.0 Å². The van der Waals surface area contributed by atoms with Crippen LogP contribution in [0.5, 0.6) is 5.75 Å². The molecular formula is C19H18ClN3O3S. The van der Waals surface area contributed by atoms with Gasteiger partial charge >= 0.3 is 0 Å². The number of amides is 1. The Morgan fingerprint density at radius 3 is 2.74 bits per heavy atom. The summed E-state index contributed by atoms with van der Waals surface area (Å²) in [5.41, 5.74) is 2.80. The quantitative estimate of drug-likeness (QED) is 0.590. The topological polar surface area (TPSA) is 77.2 Å². The van der Waals surface area contributed by atoms with E-state index in [1.165, 1.54) is 24.4 Å². The summed E-state index contributed by atoms with van der Waals surface area (Å²) in [7, 11) is 1.53. The van der Waals surface area contributed by atoms with Crippen molar-refractivity contribution < 1.29 is 13.9 Å². The third-order valence-electron chi connectivity index (χ3n) is 3.69. The number of anilines is 1. The van der Waals surface area contributed by atoms with Crippen molar-refractivity contribution in [3.8, 4) is 5.75 Å². The first-order valence-electron chi connectivity index (χ1n) is 8.17. The first-order chi connectivity index (χ1) is 13.0. The zero-order chi connectivity index (χ0) is 19.2. The van der Waals surface area contributed by atoms with Crippen LogP contribution >= 0.6 is 23.4 Å². The molecule has 0 radical (unpaired) electrons. The molecule has 0 atom stereocenters. The van der Waals surface area contributed by atoms with Gasteiger partial charge in [-0.1, -0.05) is 53.2 Å². The molecule has 140 valence electrons. The molecule has 1 aromatic heterocycles. The van der Waals surface area contributed by atoms with E-state index < -0.39 is 0 Å². The van der Waals surface area contributed by atoms with Gasteiger partial charge in [-0.25, -0.2) is 0 Å². The molecule has 3 rings (SSSR count). The van der Waals surface area contributed by atoms with Crippen LogP contribution in [0.2, 0.25) is 5.02 Å². The van der Waals surface area contributed by atoms with E-state index in [1.54, 1.807) is 18.2 Å². The van der Waals surface area contributed by atoms with E-state index in [-0.39, 0.29) is 11.7 Å². The molecule has 0 spiro atoms. The van der Waals surface area contributed by atoms with Gasteiger partial charge in [0.05, 0.1) is 25.0 Å². The fourth-order valence-corrected chi connectivity index (χ4v) is 3.09. The van der Waals surface area contributed by atoms with Crippen molar-refractivity contribution in [2.24, 2.45) is 0 Å². The maximum absolute atomic E-state index is 12.2. The fraction of sp³-hybridized carbons (Fsp3) is 0.211. The van der Waals surface area contributed by atoms with Crippen LogP contribution in [0.1, 0.15) is 17.0 Å². The molecule has 1 heterocycles. The summed E-state index contributed by atoms with van der Waals surface area (Å²) in [5.74, 6) is 0.954. The molecule has 3 aromatic rings. The van der Waals surface area contributed by atoms with E-state index in [4.69, 9.17) is 20.8 Å². The van der Waals surface area contributed by atoms with Crippen LogP contribution in [-0.4, -0.2) is 29.0 Å². The smallest absolute Gasteiger partial charge is 0.277 e. The second kappa shape index (κ2) is 8.92. The summed E-state index contributed by atoms with van der Waals surface area (Å²) in [5, 5.41) is 11.6. The Morgan fingerprint density at radius 1 is 1.22 bits per heavy atom. The fourth-order valence-electron chi connectivity index (χ4n) is 2.34. The molecule has 27 heavy (non-hydrogen) atoms. The molecule has 0 unspecified atom stereocenters. The number of nitrogens with one attached hydrogen (secondary N) is 1. The average molecular weight is 404 g/mol. The van der Waals surface area contributed by atoms with Gasteiger partial charge in [0.25, 0.3) is 5.22 Å². The van der Waals surface area contributed by atoms with Gasteiger partial charge in [0, 0.05) is 5.02 Å². The highest BCUT2D eigenvalue weighted by Gasteiger charge is 2.12. The summed E-state index contributed by atoms with van der Waals surface area (Å²) < 4.78 is 10.8. The van der Waals surface area contributed by atoms with E-state index in [0.717, 1.165) is 5.56 Å². The van der Waals surface area contributed by atoms with Crippen molar-refractivity contribution in [1.82, 2.24) is 10.2 Å². The van der Waals surface area contributed by atoms with Gasteiger partial charge in [-0.3, -0.25) is 4.79 Å². The maximum atomic E-state index is 12.2. The molecule has 8 heteroatoms. The van der Waals surface area contributed by atoms with Crippen molar-refractivity contribution in [3.63, 3.8) is 0 Å². The first-order valence-corrected chi connectivity index (χ1v) is 9.54. The number of aryl methyl sites for hydroxylation is 1. The number of rotatable bonds is 7. The minimum atomic E-state index is -0.223. The molecule has 1 amide bonds. The molecule has 0 saturated carbocycles. The molecular weight excluding hydrogens is 386 g/mol. The van der Waals surface area contributed by atoms with Gasteiger partial charge in [0.1, 0.15) is 5.75 Å². The first kappa shape index (κ1) is 19.3. The Bertz CT molecular complexity index is 928. The van der Waals surface area contributed by atoms with Gasteiger partial charge in [-0.05, 0) is 30.7 Å². The maximum Gasteiger partial charge on any atom is 0.277 e. The Balaban J connectivity index is 1.54. The molecule has 1 N–H and O–H groups in total. The van der Waals surface area contributed by atoms with E-state index in [2.05, 4.69) is 15.5 Å². The van der Waals surface area contributed by atoms with Crippen molar-refractivity contribution in [2.75, 3.05) is 18.2 Å². The number of nitrogens with zero attached hydrogens (tertiary/aromatic N) is 2. The molecule has 0 saturated heterocycles. The Hall–Kier alpha value is -2.51. The highest BCUT2D eigenvalue weighted by atomic mass is 35.5. The van der Waals surface area contributed by atoms with Gasteiger partial charge < -0.3 is 14.5 Å². The lowest BCUT2D eigenvalue weighted by molar-refractivity contribution is -0.113. The summed E-state index contributed by atoms with van der Waals surface area (Å²) in [6.45, 7) is 2.04. The zero-order valence-electron chi connectivity index (χ0n) is 14.9. The molecule has 2 aromatic carbocycles. The largest absolute Gasteiger partial charge is 0.495 e. The molecule has 0 aliphatic carbocycles. The number of ether oxygens (including phenoxy) is 1. The normalized spacial score (nSPS) is 10.6. The highest BCUT2D eigenvalue weighted by molar-refractivity contribution is 7.99. The van der Waals surface area contributed by atoms with Crippen molar-refractivity contribution >= 4 is 35.0 Å². The number of hydrogen-bond donors (Lipinski definition) is 1. The number of carbonyl (C=O) groups is 1. The second-order valence-corrected chi connectivity index (χ2v) is 7.17. The van der Waals surface area contributed by atoms with Crippen LogP contribution in [0.15, 0.2) is 52.1 Å². The molecule has 0 bridgehead atoms. The monoisotopic (exact) mass is 403 g/mol. The molecule has 6 nitrogen and oxygen atoms in total. The number of benzene rings is 2. The highest BCUT2D eigenvalue weighted by Crippen LogP contribution is 2.28. The SMILES string of the molecule is COc1ccc(Cl)cc1NC(=O)CSc1nnc(Cc2ccc(C)cc2)o1. The third-order valence-corrected chi connectivity index (χ3v) is 4.74. The van der Waals surface area contributed by atoms with Crippen LogP contribution in [0, 0.1) is 6.92 Å². The zero-order valence-corrected chi connectivity index (χ0v) is 16.4. The van der Waals surface area contributed by atoms with Crippen molar-refractivity contribution in [2.45, 2.75) is 18.6 Å². The number of hydrogen-bond acceptors (Lipinski definition) is 6. The number of carbonyl (C=O) groups excluding carboxylic acids is 1. The van der Waals surface area contributed by atoms with Crippen LogP contribution in [0.25, 0.3) is 0 Å². The predicted molar refractivity (Wildman–Crippen MR) is 106 cm³/mol. The molecule has 0 fully saturated rings. The Kier molecular flexibility index (Phi) is 6.36. The van der Waals surface area contributed by atoms with Crippen molar-refractivity contribution in [1.29, 1.82) is 0 Å². The van der Waals surface area contributed by atoms with Crippen LogP contribution in [0.3, 0.4) is 0 Å². The minimum Gasteiger partial charge on any atom is -0.495 e. The Morgan fingerprint density at radius 2 is 2.00 bits per heavy atom. The van der Waals surface area contributed by atoms with Crippen LogP contribution in [-0.2, 0) is 11.2 Å². The van der Waals surface area contributed by atoms with Crippen molar-refractivity contribution in [3.05, 3.63) is 64.5 Å². The summed E-state index contributed by atoms with van der Waals surface area (Å²) >= 11 is 7.14. The van der Waals surface area contributed by atoms with E-state index in [1.807, 2.05) is 31.2 Å². The van der Waals surface area contributed by atoms with Gasteiger partial charge in [0.2, 0.25) is 11.8 Å². The molecule has 0 aliphatic heterocycles. The van der Waals surface area contributed by atoms with Gasteiger partial charge in [0.15, 0.2) is 0 Å². The second-order valence-electron chi connectivity index (χ2n) is 5.81. The third kappa shape index (κ3) is 5.48. The van der Waals surface area contributed by atoms with Crippen LogP contribution in [0.4, 0.5) is 5.69 Å². The summed E-state index contributed by atoms with van der Waals surface area (Å²) in [6.07, 6.45) is 0.555. The number of methoxy groups -OCH3 is 1. The number of halogens is 1. The summed E-state index contributed by atoms with van der Waals surface area (Å²) in [4.78, 5) is 12.2. The number of aromatic nitrogens is 2. The van der Waals surface area contributed by atoms with Crippen LogP contribution < -0.4 is 10.1 Å². The average Bonchev–Trinajstić information content (AvgIpc) is 3.10. The lowest BCUT2D eigenvalue weighted by atomic mass is 10.1. The predicted octanol–water partition coefficient (Wildman–Crippen LogP) is 4.36. The lowest BCUT2D eigenvalue weighted by Gasteiger charge is -2.09. The van der Waals surface area contributed by atoms with E-state index in [9.17, 15) is 4.79 Å². The summed E-state index contributed by atoms with van der Waals surface area (Å²) in [6, 6.07) is 13.1. The number of thioether (sulfide) groups is 1. The van der Waals surface area contributed by atoms with Gasteiger partial charge in [-0.2, -0.15) is 0 Å². The lowest BCUT2D eigenvalue weighted by Crippen LogP contribution is -2.14. The molecule has 0 aliphatic rings. The van der Waals surface area contributed by atoms with E-state index >= 15 is 0 Å². The standard InChI is InChI=1S/C19H18ClN3O3S/c1-12-3-5-13(6-4-12)9-18-22-23-19(26-18)27-11-17(24)21-15-10-14(20)7-8-16(15)25-2/h3-8,10H,9,11H2,1-2H3,(H,21,24). The minimum absolute atomic E-state index is 0.127. The Labute approximate surface area is 166 Å². The van der Waals surface area contributed by atoms with Gasteiger partial charge in [-0.15, -0.1) is 10.2 Å².